The highest BCUT2D eigenvalue weighted by atomic mass is 79.9. The topological polar surface area (TPSA) is 47.3 Å². The zero-order chi connectivity index (χ0) is 15.6. The lowest BCUT2D eigenvalue weighted by Crippen LogP contribution is -2.06. The number of nitrogens with two attached hydrogens (primary N) is 1. The van der Waals surface area contributed by atoms with Gasteiger partial charge in [-0.3, -0.25) is 0 Å². The van der Waals surface area contributed by atoms with Gasteiger partial charge in [-0.05, 0) is 34.1 Å². The lowest BCUT2D eigenvalue weighted by molar-refractivity contribution is -0.0521. The summed E-state index contributed by atoms with van der Waals surface area (Å²) in [6.07, 6.45) is 0. The van der Waals surface area contributed by atoms with Gasteiger partial charge in [-0.1, -0.05) is 0 Å². The molecular weight excluding hydrogens is 356 g/mol. The third-order valence-corrected chi connectivity index (χ3v) is 3.21. The van der Waals surface area contributed by atoms with Crippen LogP contribution in [-0.4, -0.2) is 6.61 Å². The van der Waals surface area contributed by atoms with Crippen LogP contribution < -0.4 is 15.8 Å². The molecule has 0 heterocycles. The maximum atomic E-state index is 13.4. The van der Waals surface area contributed by atoms with Gasteiger partial charge in [-0.2, -0.15) is 8.78 Å². The van der Waals surface area contributed by atoms with Crippen molar-refractivity contribution in [3.63, 3.8) is 0 Å². The van der Waals surface area contributed by atoms with Crippen molar-refractivity contribution in [3.8, 4) is 5.75 Å². The number of nitrogen functional groups attached to an aromatic ring is 1. The summed E-state index contributed by atoms with van der Waals surface area (Å²) in [5.41, 5.74) is 5.98. The van der Waals surface area contributed by atoms with Crippen molar-refractivity contribution in [3.05, 3.63) is 46.4 Å². The average molecular weight is 365 g/mol. The van der Waals surface area contributed by atoms with E-state index in [4.69, 9.17) is 5.73 Å². The molecule has 2 aromatic carbocycles. The van der Waals surface area contributed by atoms with Gasteiger partial charge in [0.2, 0.25) is 0 Å². The summed E-state index contributed by atoms with van der Waals surface area (Å²) in [6.45, 7) is -3.17. The molecule has 112 valence electrons. The number of alkyl halides is 2. The Morgan fingerprint density at radius 3 is 2.48 bits per heavy atom. The minimum atomic E-state index is -3.17. The van der Waals surface area contributed by atoms with Crippen molar-refractivity contribution in [2.24, 2.45) is 0 Å². The molecule has 3 N–H and O–H groups in total. The summed E-state index contributed by atoms with van der Waals surface area (Å²) >= 11 is 3.19. The Labute approximate surface area is 125 Å². The van der Waals surface area contributed by atoms with E-state index in [9.17, 15) is 17.6 Å². The van der Waals surface area contributed by atoms with Crippen LogP contribution in [0.3, 0.4) is 0 Å². The van der Waals surface area contributed by atoms with Crippen molar-refractivity contribution in [2.45, 2.75) is 6.61 Å². The molecule has 0 aliphatic rings. The maximum Gasteiger partial charge on any atom is 0.387 e. The van der Waals surface area contributed by atoms with E-state index < -0.39 is 24.0 Å². The second kappa shape index (κ2) is 6.21. The van der Waals surface area contributed by atoms with E-state index in [0.29, 0.717) is 10.2 Å². The quantitative estimate of drug-likeness (QED) is 0.612. The molecule has 0 unspecified atom stereocenters. The molecule has 2 rings (SSSR count). The van der Waals surface area contributed by atoms with Crippen LogP contribution in [0.15, 0.2) is 34.8 Å². The first-order chi connectivity index (χ1) is 9.86. The molecular formula is C13H9BrF4N2O. The van der Waals surface area contributed by atoms with Gasteiger partial charge in [-0.25, -0.2) is 8.78 Å². The van der Waals surface area contributed by atoms with Crippen LogP contribution >= 0.6 is 15.9 Å². The molecule has 21 heavy (non-hydrogen) atoms. The normalized spacial score (nSPS) is 10.8. The molecule has 0 aromatic heterocycles. The third kappa shape index (κ3) is 3.78. The minimum absolute atomic E-state index is 0.0368. The van der Waals surface area contributed by atoms with Crippen LogP contribution in [0, 0.1) is 11.6 Å². The number of anilines is 3. The first-order valence-corrected chi connectivity index (χ1v) is 6.42. The molecule has 0 saturated heterocycles. The molecule has 0 saturated carbocycles. The number of halogens is 5. The monoisotopic (exact) mass is 364 g/mol. The van der Waals surface area contributed by atoms with Crippen molar-refractivity contribution in [1.82, 2.24) is 0 Å². The van der Waals surface area contributed by atoms with E-state index in [0.717, 1.165) is 12.1 Å². The predicted octanol–water partition coefficient (Wildman–Crippen LogP) is 4.65. The van der Waals surface area contributed by atoms with E-state index >= 15 is 0 Å². The Morgan fingerprint density at radius 2 is 1.81 bits per heavy atom. The molecule has 0 radical (unpaired) electrons. The van der Waals surface area contributed by atoms with Crippen LogP contribution in [-0.2, 0) is 0 Å². The molecule has 0 spiro atoms. The summed E-state index contributed by atoms with van der Waals surface area (Å²) in [6, 6.07) is 5.67. The summed E-state index contributed by atoms with van der Waals surface area (Å²) < 4.78 is 55.5. The zero-order valence-corrected chi connectivity index (χ0v) is 11.9. The molecule has 2 aromatic rings. The Morgan fingerprint density at radius 1 is 1.10 bits per heavy atom. The number of ether oxygens (including phenoxy) is 1. The van der Waals surface area contributed by atoms with Gasteiger partial charge < -0.3 is 15.8 Å². The lowest BCUT2D eigenvalue weighted by atomic mass is 10.2. The van der Waals surface area contributed by atoms with Crippen molar-refractivity contribution in [1.29, 1.82) is 0 Å². The fourth-order valence-electron chi connectivity index (χ4n) is 1.60. The van der Waals surface area contributed by atoms with Gasteiger partial charge in [0.1, 0.15) is 5.82 Å². The average Bonchev–Trinajstić information content (AvgIpc) is 2.39. The highest BCUT2D eigenvalue weighted by molar-refractivity contribution is 9.10. The van der Waals surface area contributed by atoms with Crippen LogP contribution in [0.4, 0.5) is 34.6 Å². The zero-order valence-electron chi connectivity index (χ0n) is 10.3. The number of benzene rings is 2. The van der Waals surface area contributed by atoms with Crippen molar-refractivity contribution < 1.29 is 22.3 Å². The summed E-state index contributed by atoms with van der Waals surface area (Å²) in [4.78, 5) is 0. The molecule has 0 aliphatic carbocycles. The van der Waals surface area contributed by atoms with E-state index in [1.54, 1.807) is 0 Å². The molecule has 0 atom stereocenters. The number of hydrogen-bond donors (Lipinski definition) is 2. The molecule has 0 fully saturated rings. The smallest absolute Gasteiger partial charge is 0.387 e. The third-order valence-electron chi connectivity index (χ3n) is 2.52. The molecule has 3 nitrogen and oxygen atoms in total. The lowest BCUT2D eigenvalue weighted by Gasteiger charge is -2.14. The van der Waals surface area contributed by atoms with Gasteiger partial charge >= 0.3 is 6.61 Å². The highest BCUT2D eigenvalue weighted by Crippen LogP contribution is 2.33. The Hall–Kier alpha value is -1.96. The molecule has 8 heteroatoms. The van der Waals surface area contributed by atoms with E-state index in [1.807, 2.05) is 0 Å². The largest absolute Gasteiger partial charge is 0.432 e. The second-order valence-corrected chi connectivity index (χ2v) is 4.85. The first-order valence-electron chi connectivity index (χ1n) is 5.62. The van der Waals surface area contributed by atoms with Gasteiger partial charge in [0.25, 0.3) is 0 Å². The van der Waals surface area contributed by atoms with Crippen LogP contribution in [0.1, 0.15) is 0 Å². The SMILES string of the molecule is Nc1cc(F)c(OC(F)F)cc1Nc1cc(F)ccc1Br. The fourth-order valence-corrected chi connectivity index (χ4v) is 1.95. The van der Waals surface area contributed by atoms with Crippen LogP contribution in [0.2, 0.25) is 0 Å². The minimum Gasteiger partial charge on any atom is -0.432 e. The van der Waals surface area contributed by atoms with E-state index in [-0.39, 0.29) is 11.4 Å². The van der Waals surface area contributed by atoms with Gasteiger partial charge in [-0.15, -0.1) is 0 Å². The van der Waals surface area contributed by atoms with Gasteiger partial charge in [0.05, 0.1) is 17.1 Å². The van der Waals surface area contributed by atoms with Crippen LogP contribution in [0.25, 0.3) is 0 Å². The predicted molar refractivity (Wildman–Crippen MR) is 74.8 cm³/mol. The number of nitrogens with one attached hydrogen (secondary N) is 1. The van der Waals surface area contributed by atoms with Gasteiger partial charge in [0.15, 0.2) is 11.6 Å². The van der Waals surface area contributed by atoms with Crippen LogP contribution in [0.5, 0.6) is 5.75 Å². The fraction of sp³-hybridized carbons (Fsp3) is 0.0769. The highest BCUT2D eigenvalue weighted by Gasteiger charge is 2.14. The van der Waals surface area contributed by atoms with E-state index in [1.165, 1.54) is 18.2 Å². The first kappa shape index (κ1) is 15.4. The Balaban J connectivity index is 2.37. The van der Waals surface area contributed by atoms with Gasteiger partial charge in [0, 0.05) is 16.6 Å². The second-order valence-electron chi connectivity index (χ2n) is 4.00. The molecule has 0 aliphatic heterocycles. The summed E-state index contributed by atoms with van der Waals surface area (Å²) in [5, 5.41) is 2.72. The molecule has 0 bridgehead atoms. The Bertz CT molecular complexity index is 667. The number of hydrogen-bond acceptors (Lipinski definition) is 3. The van der Waals surface area contributed by atoms with Crippen molar-refractivity contribution in [2.75, 3.05) is 11.1 Å². The van der Waals surface area contributed by atoms with Crippen molar-refractivity contribution >= 4 is 33.0 Å². The summed E-state index contributed by atoms with van der Waals surface area (Å²) in [7, 11) is 0. The van der Waals surface area contributed by atoms with E-state index in [2.05, 4.69) is 26.0 Å². The Kier molecular flexibility index (Phi) is 4.56. The maximum absolute atomic E-state index is 13.4. The standard InChI is InChI=1S/C13H9BrF4N2O/c14-7-2-1-6(15)3-10(7)20-11-5-12(21-13(17)18)8(16)4-9(11)19/h1-5,13,20H,19H2. The number of rotatable bonds is 4. The molecule has 0 amide bonds. The summed E-state index contributed by atoms with van der Waals surface area (Å²) in [5.74, 6) is -2.18.